The maximum atomic E-state index is 12.8. The van der Waals surface area contributed by atoms with E-state index in [9.17, 15) is 9.18 Å². The van der Waals surface area contributed by atoms with Crippen molar-refractivity contribution in [2.75, 3.05) is 19.6 Å². The number of nitrogens with two attached hydrogens (primary N) is 1. The maximum absolute atomic E-state index is 12.8. The summed E-state index contributed by atoms with van der Waals surface area (Å²) >= 11 is 0. The van der Waals surface area contributed by atoms with Crippen molar-refractivity contribution >= 4 is 5.91 Å². The molecule has 17 heavy (non-hydrogen) atoms. The maximum Gasteiger partial charge on any atom is 0.253 e. The van der Waals surface area contributed by atoms with Crippen molar-refractivity contribution in [3.63, 3.8) is 0 Å². The molecule has 0 bridgehead atoms. The van der Waals surface area contributed by atoms with Gasteiger partial charge in [-0.3, -0.25) is 4.79 Å². The first-order valence-corrected chi connectivity index (χ1v) is 5.95. The first-order chi connectivity index (χ1) is 8.20. The number of amides is 1. The van der Waals surface area contributed by atoms with E-state index >= 15 is 0 Å². The number of piperidine rings is 1. The van der Waals surface area contributed by atoms with Crippen LogP contribution >= 0.6 is 0 Å². The van der Waals surface area contributed by atoms with Crippen molar-refractivity contribution < 1.29 is 9.18 Å². The van der Waals surface area contributed by atoms with Gasteiger partial charge in [0.2, 0.25) is 0 Å². The zero-order chi connectivity index (χ0) is 12.3. The highest BCUT2D eigenvalue weighted by Gasteiger charge is 2.23. The van der Waals surface area contributed by atoms with E-state index in [2.05, 4.69) is 0 Å². The van der Waals surface area contributed by atoms with E-state index in [1.54, 1.807) is 0 Å². The molecule has 2 rings (SSSR count). The predicted octanol–water partition coefficient (Wildman–Crippen LogP) is 1.64. The lowest BCUT2D eigenvalue weighted by molar-refractivity contribution is 0.0678. The minimum atomic E-state index is -0.319. The number of rotatable bonds is 2. The van der Waals surface area contributed by atoms with Crippen molar-refractivity contribution in [1.29, 1.82) is 0 Å². The summed E-state index contributed by atoms with van der Waals surface area (Å²) in [6.45, 7) is 2.10. The third-order valence-corrected chi connectivity index (χ3v) is 3.23. The highest BCUT2D eigenvalue weighted by molar-refractivity contribution is 5.94. The predicted molar refractivity (Wildman–Crippen MR) is 64.1 cm³/mol. The number of carbonyl (C=O) groups excluding carboxylic acids is 1. The van der Waals surface area contributed by atoms with Gasteiger partial charge >= 0.3 is 0 Å². The lowest BCUT2D eigenvalue weighted by atomic mass is 9.97. The third-order valence-electron chi connectivity index (χ3n) is 3.23. The zero-order valence-corrected chi connectivity index (χ0v) is 9.73. The highest BCUT2D eigenvalue weighted by atomic mass is 19.1. The Labute approximate surface area is 100 Å². The molecule has 1 aromatic carbocycles. The van der Waals surface area contributed by atoms with Crippen molar-refractivity contribution in [2.45, 2.75) is 12.8 Å². The van der Waals surface area contributed by atoms with Gasteiger partial charge in [-0.25, -0.2) is 4.39 Å². The minimum absolute atomic E-state index is 0.0249. The molecule has 1 aliphatic rings. The number of nitrogens with zero attached hydrogens (tertiary/aromatic N) is 1. The third kappa shape index (κ3) is 2.82. The van der Waals surface area contributed by atoms with Gasteiger partial charge in [-0.15, -0.1) is 0 Å². The van der Waals surface area contributed by atoms with Gasteiger partial charge in [0, 0.05) is 18.7 Å². The number of benzene rings is 1. The van der Waals surface area contributed by atoms with Crippen LogP contribution in [0.3, 0.4) is 0 Å². The summed E-state index contributed by atoms with van der Waals surface area (Å²) in [5.74, 6) is 0.0522. The van der Waals surface area contributed by atoms with Crippen molar-refractivity contribution in [1.82, 2.24) is 4.90 Å². The van der Waals surface area contributed by atoms with Crippen molar-refractivity contribution in [3.8, 4) is 0 Å². The number of likely N-dealkylation sites (tertiary alicyclic amines) is 1. The first kappa shape index (κ1) is 12.0. The van der Waals surface area contributed by atoms with Gasteiger partial charge in [0.25, 0.3) is 5.91 Å². The van der Waals surface area contributed by atoms with Crippen LogP contribution in [-0.4, -0.2) is 30.4 Å². The van der Waals surface area contributed by atoms with Crippen LogP contribution < -0.4 is 5.73 Å². The lowest BCUT2D eigenvalue weighted by Gasteiger charge is -2.32. The molecule has 4 heteroatoms. The monoisotopic (exact) mass is 236 g/mol. The molecule has 1 heterocycles. The van der Waals surface area contributed by atoms with E-state index in [0.29, 0.717) is 24.6 Å². The van der Waals surface area contributed by atoms with Crippen LogP contribution in [0.2, 0.25) is 0 Å². The van der Waals surface area contributed by atoms with E-state index in [0.717, 1.165) is 19.4 Å². The average molecular weight is 236 g/mol. The second kappa shape index (κ2) is 5.27. The minimum Gasteiger partial charge on any atom is -0.338 e. The Balaban J connectivity index is 2.06. The lowest BCUT2D eigenvalue weighted by Crippen LogP contribution is -2.42. The smallest absolute Gasteiger partial charge is 0.253 e. The normalized spacial score (nSPS) is 20.4. The fraction of sp³-hybridized carbons (Fsp3) is 0.462. The first-order valence-electron chi connectivity index (χ1n) is 5.95. The molecule has 0 radical (unpaired) electrons. The van der Waals surface area contributed by atoms with Gasteiger partial charge in [0.1, 0.15) is 5.82 Å². The molecule has 1 fully saturated rings. The molecule has 0 unspecified atom stereocenters. The Morgan fingerprint density at radius 1 is 1.41 bits per heavy atom. The Bertz CT molecular complexity index is 391. The summed E-state index contributed by atoms with van der Waals surface area (Å²) in [4.78, 5) is 13.9. The zero-order valence-electron chi connectivity index (χ0n) is 9.73. The topological polar surface area (TPSA) is 46.3 Å². The molecule has 0 spiro atoms. The summed E-state index contributed by atoms with van der Waals surface area (Å²) in [6, 6.07) is 5.70. The van der Waals surface area contributed by atoms with Crippen LogP contribution in [0.25, 0.3) is 0 Å². The second-order valence-electron chi connectivity index (χ2n) is 4.50. The average Bonchev–Trinajstić information content (AvgIpc) is 2.39. The van der Waals surface area contributed by atoms with Crippen molar-refractivity contribution in [2.24, 2.45) is 11.7 Å². The molecular weight excluding hydrogens is 219 g/mol. The SMILES string of the molecule is NC[C@H]1CCCN(C(=O)c2ccc(F)cc2)C1. The molecule has 0 aliphatic carbocycles. The van der Waals surface area contributed by atoms with E-state index in [-0.39, 0.29) is 11.7 Å². The summed E-state index contributed by atoms with van der Waals surface area (Å²) in [7, 11) is 0. The molecular formula is C13H17FN2O. The van der Waals surface area contributed by atoms with Gasteiger partial charge in [-0.05, 0) is 49.6 Å². The molecule has 3 nitrogen and oxygen atoms in total. The van der Waals surface area contributed by atoms with E-state index < -0.39 is 0 Å². The van der Waals surface area contributed by atoms with Crippen LogP contribution in [0.4, 0.5) is 4.39 Å². The van der Waals surface area contributed by atoms with E-state index in [1.165, 1.54) is 24.3 Å². The molecule has 1 aliphatic heterocycles. The number of hydrogen-bond donors (Lipinski definition) is 1. The summed E-state index contributed by atoms with van der Waals surface area (Å²) < 4.78 is 12.8. The standard InChI is InChI=1S/C13H17FN2O/c14-12-5-3-11(4-6-12)13(17)16-7-1-2-10(8-15)9-16/h3-6,10H,1-2,7-9,15H2/t10-/m1/s1. The Morgan fingerprint density at radius 2 is 2.12 bits per heavy atom. The Hall–Kier alpha value is -1.42. The number of halogens is 1. The van der Waals surface area contributed by atoms with Gasteiger partial charge in [-0.2, -0.15) is 0 Å². The van der Waals surface area contributed by atoms with Gasteiger partial charge < -0.3 is 10.6 Å². The van der Waals surface area contributed by atoms with Gasteiger partial charge in [0.05, 0.1) is 0 Å². The van der Waals surface area contributed by atoms with Crippen LogP contribution in [0.1, 0.15) is 23.2 Å². The van der Waals surface area contributed by atoms with Gasteiger partial charge in [0.15, 0.2) is 0 Å². The summed E-state index contributed by atoms with van der Waals surface area (Å²) in [5.41, 5.74) is 6.18. The quantitative estimate of drug-likeness (QED) is 0.848. The van der Waals surface area contributed by atoms with Crippen molar-refractivity contribution in [3.05, 3.63) is 35.6 Å². The Morgan fingerprint density at radius 3 is 2.76 bits per heavy atom. The van der Waals surface area contributed by atoms with Crippen LogP contribution in [0, 0.1) is 11.7 Å². The van der Waals surface area contributed by atoms with E-state index in [1.807, 2.05) is 4.90 Å². The van der Waals surface area contributed by atoms with Crippen LogP contribution in [0.5, 0.6) is 0 Å². The van der Waals surface area contributed by atoms with Gasteiger partial charge in [-0.1, -0.05) is 0 Å². The molecule has 1 atom stereocenters. The summed E-state index contributed by atoms with van der Waals surface area (Å²) in [5, 5.41) is 0. The molecule has 92 valence electrons. The molecule has 1 aromatic rings. The Kier molecular flexibility index (Phi) is 3.74. The summed E-state index contributed by atoms with van der Waals surface area (Å²) in [6.07, 6.45) is 2.08. The largest absolute Gasteiger partial charge is 0.338 e. The highest BCUT2D eigenvalue weighted by Crippen LogP contribution is 2.17. The molecule has 0 aromatic heterocycles. The number of carbonyl (C=O) groups is 1. The second-order valence-corrected chi connectivity index (χ2v) is 4.50. The van der Waals surface area contributed by atoms with Crippen LogP contribution in [0.15, 0.2) is 24.3 Å². The van der Waals surface area contributed by atoms with E-state index in [4.69, 9.17) is 5.73 Å². The molecule has 1 amide bonds. The van der Waals surface area contributed by atoms with Crippen LogP contribution in [-0.2, 0) is 0 Å². The fourth-order valence-corrected chi connectivity index (χ4v) is 2.22. The molecule has 2 N–H and O–H groups in total. The fourth-order valence-electron chi connectivity index (χ4n) is 2.22. The number of hydrogen-bond acceptors (Lipinski definition) is 2. The molecule has 0 saturated carbocycles. The molecule has 1 saturated heterocycles.